The van der Waals surface area contributed by atoms with E-state index in [1.807, 2.05) is 56.3 Å². The molecule has 0 fully saturated rings. The second-order valence-corrected chi connectivity index (χ2v) is 6.84. The highest BCUT2D eigenvalue weighted by Crippen LogP contribution is 2.21. The molecule has 3 N–H and O–H groups in total. The summed E-state index contributed by atoms with van der Waals surface area (Å²) in [5.74, 6) is 0.966. The Kier molecular flexibility index (Phi) is 6.71. The van der Waals surface area contributed by atoms with Gasteiger partial charge in [0.2, 0.25) is 0 Å². The van der Waals surface area contributed by atoms with E-state index in [-0.39, 0.29) is 5.91 Å². The SMILES string of the molecule is CCOc1ccc(C(=O)NCCCc2nn(-c3ccccc3)c(N)c2C#N)cc1C. The van der Waals surface area contributed by atoms with Gasteiger partial charge in [0.25, 0.3) is 5.91 Å². The summed E-state index contributed by atoms with van der Waals surface area (Å²) in [6.07, 6.45) is 1.18. The maximum Gasteiger partial charge on any atom is 0.251 e. The maximum atomic E-state index is 12.4. The van der Waals surface area contributed by atoms with Gasteiger partial charge in [-0.3, -0.25) is 4.79 Å². The van der Waals surface area contributed by atoms with Crippen molar-refractivity contribution in [1.29, 1.82) is 5.26 Å². The number of rotatable bonds is 8. The first-order chi connectivity index (χ1) is 14.5. The van der Waals surface area contributed by atoms with E-state index in [9.17, 15) is 10.1 Å². The van der Waals surface area contributed by atoms with Gasteiger partial charge in [-0.15, -0.1) is 0 Å². The molecule has 0 spiro atoms. The van der Waals surface area contributed by atoms with Crippen molar-refractivity contribution in [3.05, 3.63) is 70.9 Å². The van der Waals surface area contributed by atoms with Crippen LogP contribution in [0.4, 0.5) is 5.82 Å². The third kappa shape index (κ3) is 4.61. The lowest BCUT2D eigenvalue weighted by molar-refractivity contribution is 0.0953. The molecule has 2 aromatic carbocycles. The Morgan fingerprint density at radius 2 is 2.03 bits per heavy atom. The third-order valence-electron chi connectivity index (χ3n) is 4.72. The van der Waals surface area contributed by atoms with E-state index < -0.39 is 0 Å². The van der Waals surface area contributed by atoms with Crippen molar-refractivity contribution in [3.63, 3.8) is 0 Å². The van der Waals surface area contributed by atoms with Crippen molar-refractivity contribution in [3.8, 4) is 17.5 Å². The van der Waals surface area contributed by atoms with Gasteiger partial charge in [0, 0.05) is 12.1 Å². The van der Waals surface area contributed by atoms with Crippen LogP contribution in [0, 0.1) is 18.3 Å². The summed E-state index contributed by atoms with van der Waals surface area (Å²) < 4.78 is 7.09. The Balaban J connectivity index is 1.60. The number of benzene rings is 2. The van der Waals surface area contributed by atoms with Crippen molar-refractivity contribution in [2.75, 3.05) is 18.9 Å². The first-order valence-electron chi connectivity index (χ1n) is 9.89. The first-order valence-corrected chi connectivity index (χ1v) is 9.89. The summed E-state index contributed by atoms with van der Waals surface area (Å²) in [7, 11) is 0. The number of nitrogens with zero attached hydrogens (tertiary/aromatic N) is 3. The fourth-order valence-electron chi connectivity index (χ4n) is 3.21. The second-order valence-electron chi connectivity index (χ2n) is 6.84. The van der Waals surface area contributed by atoms with Crippen LogP contribution in [0.25, 0.3) is 5.69 Å². The standard InChI is InChI=1S/C23H25N5O2/c1-3-30-21-12-11-17(14-16(21)2)23(29)26-13-7-10-20-19(15-24)22(25)28(27-20)18-8-5-4-6-9-18/h4-6,8-9,11-12,14H,3,7,10,13,25H2,1-2H3,(H,26,29). The summed E-state index contributed by atoms with van der Waals surface area (Å²) in [6.45, 7) is 4.89. The number of hydrogen-bond donors (Lipinski definition) is 2. The van der Waals surface area contributed by atoms with E-state index in [0.29, 0.717) is 48.6 Å². The Bertz CT molecular complexity index is 1070. The molecule has 30 heavy (non-hydrogen) atoms. The summed E-state index contributed by atoms with van der Waals surface area (Å²) >= 11 is 0. The number of nitrogen functional groups attached to an aromatic ring is 1. The Hall–Kier alpha value is -3.79. The van der Waals surface area contributed by atoms with Gasteiger partial charge in [0.15, 0.2) is 0 Å². The van der Waals surface area contributed by atoms with Gasteiger partial charge >= 0.3 is 0 Å². The predicted molar refractivity (Wildman–Crippen MR) is 116 cm³/mol. The minimum absolute atomic E-state index is 0.143. The normalized spacial score (nSPS) is 10.4. The molecule has 0 saturated carbocycles. The topological polar surface area (TPSA) is 106 Å². The van der Waals surface area contributed by atoms with Crippen LogP contribution in [0.15, 0.2) is 48.5 Å². The van der Waals surface area contributed by atoms with Crippen LogP contribution < -0.4 is 15.8 Å². The molecule has 7 nitrogen and oxygen atoms in total. The summed E-state index contributed by atoms with van der Waals surface area (Å²) in [5, 5.41) is 16.9. The quantitative estimate of drug-likeness (QED) is 0.561. The zero-order valence-electron chi connectivity index (χ0n) is 17.2. The van der Waals surface area contributed by atoms with E-state index in [4.69, 9.17) is 10.5 Å². The summed E-state index contributed by atoms with van der Waals surface area (Å²) in [5.41, 5.74) is 9.45. The molecule has 0 bridgehead atoms. The zero-order valence-corrected chi connectivity index (χ0v) is 17.2. The van der Waals surface area contributed by atoms with Crippen molar-refractivity contribution in [2.45, 2.75) is 26.7 Å². The molecule has 0 aliphatic carbocycles. The second kappa shape index (κ2) is 9.61. The average Bonchev–Trinajstić information content (AvgIpc) is 3.08. The monoisotopic (exact) mass is 403 g/mol. The lowest BCUT2D eigenvalue weighted by Gasteiger charge is -2.09. The number of nitriles is 1. The molecule has 0 aliphatic rings. The first kappa shape index (κ1) is 20.9. The van der Waals surface area contributed by atoms with Crippen molar-refractivity contribution in [2.24, 2.45) is 0 Å². The Morgan fingerprint density at radius 1 is 1.27 bits per heavy atom. The molecular formula is C23H25N5O2. The lowest BCUT2D eigenvalue weighted by atomic mass is 10.1. The minimum atomic E-state index is -0.143. The van der Waals surface area contributed by atoms with Gasteiger partial charge in [-0.25, -0.2) is 4.68 Å². The zero-order chi connectivity index (χ0) is 21.5. The molecule has 0 saturated heterocycles. The smallest absolute Gasteiger partial charge is 0.251 e. The highest BCUT2D eigenvalue weighted by molar-refractivity contribution is 5.94. The fourth-order valence-corrected chi connectivity index (χ4v) is 3.21. The number of carbonyl (C=O) groups excluding carboxylic acids is 1. The van der Waals surface area contributed by atoms with Gasteiger partial charge in [-0.1, -0.05) is 18.2 Å². The van der Waals surface area contributed by atoms with Gasteiger partial charge in [0.05, 0.1) is 18.0 Å². The maximum absolute atomic E-state index is 12.4. The molecule has 3 aromatic rings. The van der Waals surface area contributed by atoms with E-state index in [2.05, 4.69) is 16.5 Å². The molecule has 0 atom stereocenters. The van der Waals surface area contributed by atoms with Crippen LogP contribution in [0.2, 0.25) is 0 Å². The van der Waals surface area contributed by atoms with E-state index in [1.165, 1.54) is 0 Å². The highest BCUT2D eigenvalue weighted by atomic mass is 16.5. The number of nitrogens with one attached hydrogen (secondary N) is 1. The van der Waals surface area contributed by atoms with Crippen LogP contribution in [0.1, 0.15) is 40.5 Å². The van der Waals surface area contributed by atoms with E-state index in [1.54, 1.807) is 10.7 Å². The number of aryl methyl sites for hydroxylation is 2. The number of nitrogens with two attached hydrogens (primary N) is 1. The number of carbonyl (C=O) groups is 1. The molecule has 154 valence electrons. The minimum Gasteiger partial charge on any atom is -0.494 e. The highest BCUT2D eigenvalue weighted by Gasteiger charge is 2.16. The Labute approximate surface area is 176 Å². The fraction of sp³-hybridized carbons (Fsp3) is 0.261. The molecule has 3 rings (SSSR count). The lowest BCUT2D eigenvalue weighted by Crippen LogP contribution is -2.25. The number of anilines is 1. The molecule has 7 heteroatoms. The van der Waals surface area contributed by atoms with Crippen LogP contribution in [0.3, 0.4) is 0 Å². The van der Waals surface area contributed by atoms with Gasteiger partial charge in [-0.05, 0) is 62.6 Å². The molecular weight excluding hydrogens is 378 g/mol. The van der Waals surface area contributed by atoms with Gasteiger partial charge in [0.1, 0.15) is 23.2 Å². The summed E-state index contributed by atoms with van der Waals surface area (Å²) in [6, 6.07) is 17.0. The number of hydrogen-bond acceptors (Lipinski definition) is 5. The number of aromatic nitrogens is 2. The molecule has 0 aliphatic heterocycles. The molecule has 0 unspecified atom stereocenters. The third-order valence-corrected chi connectivity index (χ3v) is 4.72. The Morgan fingerprint density at radius 3 is 2.70 bits per heavy atom. The van der Waals surface area contributed by atoms with Crippen LogP contribution in [-0.4, -0.2) is 28.8 Å². The number of amides is 1. The van der Waals surface area contributed by atoms with Crippen molar-refractivity contribution >= 4 is 11.7 Å². The van der Waals surface area contributed by atoms with Crippen LogP contribution in [-0.2, 0) is 6.42 Å². The van der Waals surface area contributed by atoms with Crippen molar-refractivity contribution in [1.82, 2.24) is 15.1 Å². The van der Waals surface area contributed by atoms with Gasteiger partial charge in [-0.2, -0.15) is 10.4 Å². The van der Waals surface area contributed by atoms with E-state index in [0.717, 1.165) is 17.0 Å². The number of ether oxygens (including phenoxy) is 1. The summed E-state index contributed by atoms with van der Waals surface area (Å²) in [4.78, 5) is 12.4. The van der Waals surface area contributed by atoms with Crippen LogP contribution >= 0.6 is 0 Å². The average molecular weight is 403 g/mol. The number of para-hydroxylation sites is 1. The van der Waals surface area contributed by atoms with Gasteiger partial charge < -0.3 is 15.8 Å². The van der Waals surface area contributed by atoms with E-state index >= 15 is 0 Å². The molecule has 0 radical (unpaired) electrons. The molecule has 1 heterocycles. The largest absolute Gasteiger partial charge is 0.494 e. The van der Waals surface area contributed by atoms with Crippen LogP contribution in [0.5, 0.6) is 5.75 Å². The predicted octanol–water partition coefficient (Wildman–Crippen LogP) is 3.40. The molecule has 1 aromatic heterocycles. The molecule has 1 amide bonds. The van der Waals surface area contributed by atoms with Crippen molar-refractivity contribution < 1.29 is 9.53 Å².